The number of aryl methyl sites for hydroxylation is 8. The monoisotopic (exact) mass is 1910 g/mol. The summed E-state index contributed by atoms with van der Waals surface area (Å²) in [5.74, 6) is 1.95. The third-order valence-electron chi connectivity index (χ3n) is 25.7. The average Bonchev–Trinajstić information content (AvgIpc) is 1.40. The molecule has 0 atom stereocenters. The largest absolute Gasteiger partial charge is 0.456 e. The number of benzene rings is 22. The zero-order chi connectivity index (χ0) is 104. The normalized spacial score (nSPS) is 10.4. The van der Waals surface area contributed by atoms with Gasteiger partial charge in [0.05, 0.1) is 81.4 Å². The molecule has 0 aliphatic heterocycles. The fourth-order valence-electron chi connectivity index (χ4n) is 17.7. The van der Waals surface area contributed by atoms with Crippen molar-refractivity contribution in [3.05, 3.63) is 544 Å². The summed E-state index contributed by atoms with van der Waals surface area (Å²) < 4.78 is 6.03. The molecule has 0 bridgehead atoms. The van der Waals surface area contributed by atoms with Crippen molar-refractivity contribution in [2.24, 2.45) is 0 Å². The van der Waals surface area contributed by atoms with Gasteiger partial charge in [0.15, 0.2) is 17.5 Å². The van der Waals surface area contributed by atoms with E-state index in [-0.39, 0.29) is 0 Å². The highest BCUT2D eigenvalue weighted by molar-refractivity contribution is 6.25. The molecule has 0 fully saturated rings. The topological polar surface area (TPSA) is 218 Å². The van der Waals surface area contributed by atoms with E-state index in [2.05, 4.69) is 321 Å². The van der Waals surface area contributed by atoms with Crippen LogP contribution >= 0.6 is 0 Å². The van der Waals surface area contributed by atoms with Crippen LogP contribution in [0.1, 0.15) is 83.5 Å². The molecular weight excluding hydrogens is 1810 g/mol. The van der Waals surface area contributed by atoms with Gasteiger partial charge < -0.3 is 4.42 Å². The number of rotatable bonds is 8. The van der Waals surface area contributed by atoms with E-state index >= 15 is 0 Å². The Morgan fingerprint density at radius 3 is 0.872 bits per heavy atom. The first-order chi connectivity index (χ1) is 72.7. The van der Waals surface area contributed by atoms with Crippen molar-refractivity contribution in [3.8, 4) is 132 Å². The summed E-state index contributed by atoms with van der Waals surface area (Å²) in [5, 5.41) is 78.2. The fourth-order valence-corrected chi connectivity index (χ4v) is 17.7. The highest BCUT2D eigenvalue weighted by Gasteiger charge is 2.17. The molecule has 0 aliphatic rings. The van der Waals surface area contributed by atoms with Crippen LogP contribution in [-0.2, 0) is 0 Å². The Morgan fingerprint density at radius 1 is 0.148 bits per heavy atom. The molecular formula is C138H100N10O. The number of nitriles is 7. The number of hydrogen-bond donors (Lipinski definition) is 0. The number of aromatic nitrogens is 3. The molecule has 0 aliphatic carbocycles. The smallest absolute Gasteiger partial charge is 0.164 e. The van der Waals surface area contributed by atoms with Gasteiger partial charge >= 0.3 is 0 Å². The molecule has 11 nitrogen and oxygen atoms in total. The predicted octanol–water partition coefficient (Wildman–Crippen LogP) is 35.4. The molecule has 149 heavy (non-hydrogen) atoms. The van der Waals surface area contributed by atoms with E-state index in [4.69, 9.17) is 56.2 Å². The van der Waals surface area contributed by atoms with Gasteiger partial charge in [0.1, 0.15) is 11.2 Å². The summed E-state index contributed by atoms with van der Waals surface area (Å²) in [6, 6.07) is 170. The molecule has 2 aromatic heterocycles. The highest BCUT2D eigenvalue weighted by Crippen LogP contribution is 2.39. The quantitative estimate of drug-likeness (QED) is 0.130. The summed E-state index contributed by atoms with van der Waals surface area (Å²) in [6.45, 7) is 16.7. The molecule has 0 N–H and O–H groups in total. The zero-order valence-electron chi connectivity index (χ0n) is 83.8. The van der Waals surface area contributed by atoms with Crippen LogP contribution in [0, 0.1) is 135 Å². The first-order valence-electron chi connectivity index (χ1n) is 48.9. The Kier molecular flexibility index (Phi) is 31.9. The zero-order valence-corrected chi connectivity index (χ0v) is 83.8. The lowest BCUT2D eigenvalue weighted by Gasteiger charge is -2.11. The van der Waals surface area contributed by atoms with Gasteiger partial charge in [-0.25, -0.2) is 15.0 Å². The Balaban J connectivity index is 0.000000119. The van der Waals surface area contributed by atoms with E-state index in [1.54, 1.807) is 0 Å². The molecule has 0 radical (unpaired) electrons. The molecule has 24 aromatic rings. The van der Waals surface area contributed by atoms with Crippen molar-refractivity contribution in [3.63, 3.8) is 0 Å². The van der Waals surface area contributed by atoms with Gasteiger partial charge in [-0.05, 0) is 297 Å². The van der Waals surface area contributed by atoms with Crippen molar-refractivity contribution in [1.29, 1.82) is 36.8 Å². The van der Waals surface area contributed by atoms with Crippen molar-refractivity contribution in [2.75, 3.05) is 0 Å². The van der Waals surface area contributed by atoms with E-state index in [0.29, 0.717) is 45.3 Å². The van der Waals surface area contributed by atoms with E-state index in [0.717, 1.165) is 88.2 Å². The van der Waals surface area contributed by atoms with Gasteiger partial charge in [-0.2, -0.15) is 36.8 Å². The van der Waals surface area contributed by atoms with Gasteiger partial charge in [-0.1, -0.05) is 384 Å². The van der Waals surface area contributed by atoms with Crippen LogP contribution in [-0.4, -0.2) is 15.0 Å². The maximum Gasteiger partial charge on any atom is 0.164 e. The summed E-state index contributed by atoms with van der Waals surface area (Å²) in [4.78, 5) is 14.4. The second-order valence-electron chi connectivity index (χ2n) is 36.6. The maximum atomic E-state index is 9.17. The van der Waals surface area contributed by atoms with Crippen LogP contribution in [0.3, 0.4) is 0 Å². The lowest BCUT2D eigenvalue weighted by Crippen LogP contribution is -2.00. The number of furan rings is 1. The minimum absolute atomic E-state index is 0.640. The van der Waals surface area contributed by atoms with Crippen LogP contribution in [0.15, 0.2) is 465 Å². The molecule has 708 valence electrons. The van der Waals surface area contributed by atoms with Gasteiger partial charge in [0, 0.05) is 27.5 Å². The molecule has 0 saturated carbocycles. The van der Waals surface area contributed by atoms with Crippen LogP contribution in [0.25, 0.3) is 176 Å². The van der Waals surface area contributed by atoms with Gasteiger partial charge in [0.2, 0.25) is 0 Å². The van der Waals surface area contributed by atoms with Crippen LogP contribution < -0.4 is 0 Å². The third kappa shape index (κ3) is 25.0. The Bertz CT molecular complexity index is 9240. The van der Waals surface area contributed by atoms with Crippen molar-refractivity contribution >= 4 is 86.6 Å². The maximum absolute atomic E-state index is 9.17. The molecule has 0 saturated heterocycles. The number of hydrogen-bond acceptors (Lipinski definition) is 11. The van der Waals surface area contributed by atoms with E-state index in [1.165, 1.54) is 126 Å². The third-order valence-corrected chi connectivity index (χ3v) is 25.7. The van der Waals surface area contributed by atoms with Crippen LogP contribution in [0.4, 0.5) is 0 Å². The molecule has 0 unspecified atom stereocenters. The summed E-state index contributed by atoms with van der Waals surface area (Å²) in [7, 11) is 0. The lowest BCUT2D eigenvalue weighted by atomic mass is 9.92. The molecule has 2 heterocycles. The molecule has 22 aromatic carbocycles. The second-order valence-corrected chi connectivity index (χ2v) is 36.6. The Hall–Kier alpha value is -20.4. The summed E-state index contributed by atoms with van der Waals surface area (Å²) in [5.41, 5.74) is 31.3. The number of fused-ring (bicyclic) bond motifs is 13. The predicted molar refractivity (Wildman–Crippen MR) is 612 cm³/mol. The molecule has 11 heteroatoms. The van der Waals surface area contributed by atoms with Crippen LogP contribution in [0.2, 0.25) is 0 Å². The minimum Gasteiger partial charge on any atom is -0.456 e. The van der Waals surface area contributed by atoms with Gasteiger partial charge in [0.25, 0.3) is 0 Å². The standard InChI is InChI=1S/C28H19N3O.C20H13N.2C20H15N.C16H11N.C14H11N.C12H9N.C8H7N/c1-18-12-14-24-22(16-18)23-17-21(13-15-25(23)32-24)28-30-26(19-8-4-2-5-9-19)29-27(31-28)20-10-6-3-7-11-20;1-13-6-8-17-18-9-7-14(12-21)11-20(18)16-5-3-2-4-15(16)19(17)10-13;1-15-2-6-17(7-3-15)19-10-12-20(13-11-19)18-8-4-16(14-21)5-9-18;1-15-4-2-5-18(12-15)20-7-3-6-19(13-20)17-10-8-16(14-21)9-11-17;1-11-2-6-15-13(8-11)4-5-14-9-12(10-17)3-7-16(14)15;1-11-2-6-13(7-3-11)14-8-4-12(10-15)5-9-14;1-9-2-4-12-7-10(8-13)3-5-11(12)6-9;1-7-2-4-8(6-9)5-3-7/h2-17H,1H3;2-11H,1H3;2*2-13H,1H3;2-9H,1H3;2-9H,1H3;2-7H,1H3;2-5H,1H3. The lowest BCUT2D eigenvalue weighted by molar-refractivity contribution is 0.669. The minimum atomic E-state index is 0.640. The fraction of sp³-hybridized carbons (Fsp3) is 0.0580. The first-order valence-corrected chi connectivity index (χ1v) is 48.9. The Labute approximate surface area is 868 Å². The van der Waals surface area contributed by atoms with Gasteiger partial charge in [-0.3, -0.25) is 0 Å². The van der Waals surface area contributed by atoms with Gasteiger partial charge in [-0.15, -0.1) is 0 Å². The van der Waals surface area contributed by atoms with Crippen molar-refractivity contribution in [2.45, 2.75) is 55.4 Å². The van der Waals surface area contributed by atoms with Crippen LogP contribution in [0.5, 0.6) is 0 Å². The molecule has 0 spiro atoms. The second kappa shape index (κ2) is 47.5. The van der Waals surface area contributed by atoms with E-state index in [1.807, 2.05) is 237 Å². The SMILES string of the molecule is Cc1ccc(-c2ccc(-c3ccc(C#N)cc3)cc2)cc1.Cc1ccc(-c2ccc(C#N)cc2)cc1.Cc1ccc(C#N)cc1.Cc1ccc2c(ccc3cc(C#N)ccc32)c1.Cc1ccc2c3ccc(C#N)cc3c3ccccc3c2c1.Cc1ccc2cc(C#N)ccc2c1.Cc1ccc2oc3ccc(-c4nc(-c5ccccc5)nc(-c5ccccc5)n4)cc3c2c1.Cc1cccc(-c2cccc(-c3ccc(C#N)cc3)c2)c1. The highest BCUT2D eigenvalue weighted by atomic mass is 16.3. The van der Waals surface area contributed by atoms with E-state index in [9.17, 15) is 0 Å². The Morgan fingerprint density at radius 2 is 0.403 bits per heavy atom. The average molecular weight is 1910 g/mol. The van der Waals surface area contributed by atoms with E-state index < -0.39 is 0 Å². The number of nitrogens with zero attached hydrogens (tertiary/aromatic N) is 10. The van der Waals surface area contributed by atoms with Crippen molar-refractivity contribution < 1.29 is 4.42 Å². The summed E-state index contributed by atoms with van der Waals surface area (Å²) >= 11 is 0. The summed E-state index contributed by atoms with van der Waals surface area (Å²) in [6.07, 6.45) is 0. The molecule has 24 rings (SSSR count). The molecule has 0 amide bonds. The van der Waals surface area contributed by atoms with Crippen molar-refractivity contribution in [1.82, 2.24) is 15.0 Å². The first kappa shape index (κ1) is 100.